The van der Waals surface area contributed by atoms with Gasteiger partial charge in [0.05, 0.1) is 27.4 Å². The van der Waals surface area contributed by atoms with Crippen LogP contribution in [0.5, 0.6) is 0 Å². The molecule has 0 bridgehead atoms. The molecule has 30 heavy (non-hydrogen) atoms. The monoisotopic (exact) mass is 509 g/mol. The SMILES string of the molecule is Cc1ccc(Cl)c(Nc2ccccc2C(=O)[O-])c1Cl.O=C([O-])P(=O)([O-])[O-].[Na+].[Na+].[Na+].[Na+]. The molecular formula is C15H10Cl2NNa4O7P. The molecule has 0 heterocycles. The van der Waals surface area contributed by atoms with Gasteiger partial charge in [0.15, 0.2) is 0 Å². The topological polar surface area (TPSA) is 155 Å². The van der Waals surface area contributed by atoms with Gasteiger partial charge in [-0.2, -0.15) is 0 Å². The van der Waals surface area contributed by atoms with Crippen molar-refractivity contribution in [3.05, 3.63) is 57.6 Å². The zero-order valence-corrected chi connectivity index (χ0v) is 27.4. The molecular weight excluding hydrogens is 500 g/mol. The molecule has 0 saturated heterocycles. The average Bonchev–Trinajstić information content (AvgIpc) is 2.55. The third-order valence-electron chi connectivity index (χ3n) is 2.91. The van der Waals surface area contributed by atoms with Gasteiger partial charge in [-0.15, -0.1) is 0 Å². The van der Waals surface area contributed by atoms with E-state index < -0.39 is 19.3 Å². The number of hydrogen-bond donors (Lipinski definition) is 1. The number of aryl methyl sites for hydroxylation is 1. The number of carbonyl (C=O) groups is 2. The quantitative estimate of drug-likeness (QED) is 0.314. The van der Waals surface area contributed by atoms with E-state index in [2.05, 4.69) is 5.32 Å². The molecule has 0 amide bonds. The van der Waals surface area contributed by atoms with Gasteiger partial charge in [0.2, 0.25) is 0 Å². The van der Waals surface area contributed by atoms with Crippen molar-refractivity contribution >= 4 is 53.9 Å². The fourth-order valence-electron chi connectivity index (χ4n) is 1.68. The van der Waals surface area contributed by atoms with E-state index in [1.54, 1.807) is 30.3 Å². The maximum Gasteiger partial charge on any atom is 1.00 e. The Labute approximate surface area is 271 Å². The van der Waals surface area contributed by atoms with Crippen LogP contribution in [-0.2, 0) is 4.57 Å². The third-order valence-corrected chi connectivity index (χ3v) is 4.16. The molecule has 0 fully saturated rings. The molecule has 0 aliphatic rings. The molecule has 0 saturated carbocycles. The first-order valence-corrected chi connectivity index (χ1v) is 9.00. The smallest absolute Gasteiger partial charge is 0.807 e. The molecule has 8 nitrogen and oxygen atoms in total. The van der Waals surface area contributed by atoms with Gasteiger partial charge in [0.25, 0.3) is 0 Å². The number of carboxylic acids is 1. The van der Waals surface area contributed by atoms with Crippen molar-refractivity contribution < 1.29 is 152 Å². The number of aromatic carboxylic acids is 1. The Morgan fingerprint density at radius 1 is 0.933 bits per heavy atom. The van der Waals surface area contributed by atoms with Crippen molar-refractivity contribution in [3.63, 3.8) is 0 Å². The van der Waals surface area contributed by atoms with Crippen molar-refractivity contribution in [2.24, 2.45) is 0 Å². The average molecular weight is 510 g/mol. The van der Waals surface area contributed by atoms with Gasteiger partial charge in [-0.25, -0.2) is 0 Å². The maximum absolute atomic E-state index is 11.0. The summed E-state index contributed by atoms with van der Waals surface area (Å²) in [6.07, 6.45) is 0. The summed E-state index contributed by atoms with van der Waals surface area (Å²) in [6.45, 7) is 1.84. The van der Waals surface area contributed by atoms with Crippen molar-refractivity contribution in [3.8, 4) is 0 Å². The van der Waals surface area contributed by atoms with E-state index in [0.29, 0.717) is 21.4 Å². The molecule has 2 rings (SSSR count). The standard InChI is InChI=1S/C14H11Cl2NO2.CH3O5P.4Na/c1-8-6-7-10(15)13(12(8)16)17-11-5-3-2-4-9(11)14(18)19;2-1(3)7(4,5)6;;;;/h2-7,17H,1H3,(H,18,19);(H,2,3)(H2,4,5,6);;;;/q;;4*+1/p-4. The van der Waals surface area contributed by atoms with Crippen molar-refractivity contribution in [2.75, 3.05) is 5.32 Å². The van der Waals surface area contributed by atoms with Gasteiger partial charge < -0.3 is 39.5 Å². The number of hydrogen-bond acceptors (Lipinski definition) is 8. The minimum atomic E-state index is -5.43. The van der Waals surface area contributed by atoms with E-state index in [9.17, 15) is 9.90 Å². The summed E-state index contributed by atoms with van der Waals surface area (Å²) in [5, 5.41) is 23.9. The maximum atomic E-state index is 11.0. The molecule has 2 aromatic carbocycles. The zero-order chi connectivity index (χ0) is 20.1. The van der Waals surface area contributed by atoms with Crippen molar-refractivity contribution in [2.45, 2.75) is 6.92 Å². The van der Waals surface area contributed by atoms with Crippen molar-refractivity contribution in [1.29, 1.82) is 0 Å². The molecule has 0 aliphatic carbocycles. The fourth-order valence-corrected chi connectivity index (χ4v) is 2.14. The Balaban J connectivity index is -0.000000270. The predicted octanol–water partition coefficient (Wildman–Crippen LogP) is -11.3. The second kappa shape index (κ2) is 18.3. The summed E-state index contributed by atoms with van der Waals surface area (Å²) >= 11 is 12.2. The van der Waals surface area contributed by atoms with E-state index in [1.165, 1.54) is 6.07 Å². The normalized spacial score (nSPS) is 9.10. The van der Waals surface area contributed by atoms with Crippen LogP contribution in [0.1, 0.15) is 15.9 Å². The Morgan fingerprint density at radius 3 is 1.83 bits per heavy atom. The van der Waals surface area contributed by atoms with Gasteiger partial charge in [-0.3, -0.25) is 0 Å². The first-order valence-electron chi connectivity index (χ1n) is 6.70. The zero-order valence-electron chi connectivity index (χ0n) is 17.0. The van der Waals surface area contributed by atoms with Crippen LogP contribution in [0, 0.1) is 6.92 Å². The van der Waals surface area contributed by atoms with Gasteiger partial charge in [-0.05, 0) is 32.2 Å². The molecule has 2 aromatic rings. The second-order valence-electron chi connectivity index (χ2n) is 4.77. The van der Waals surface area contributed by atoms with Crippen LogP contribution in [0.25, 0.3) is 0 Å². The molecule has 0 atom stereocenters. The molecule has 15 heteroatoms. The van der Waals surface area contributed by atoms with Crippen LogP contribution in [0.3, 0.4) is 0 Å². The van der Waals surface area contributed by atoms with Gasteiger partial charge in [0, 0.05) is 11.3 Å². The fraction of sp³-hybridized carbons (Fsp3) is 0.0667. The van der Waals surface area contributed by atoms with Crippen molar-refractivity contribution in [1.82, 2.24) is 0 Å². The molecule has 0 unspecified atom stereocenters. The Morgan fingerprint density at radius 2 is 1.40 bits per heavy atom. The van der Waals surface area contributed by atoms with E-state index in [-0.39, 0.29) is 124 Å². The van der Waals surface area contributed by atoms with Gasteiger partial charge in [-0.1, -0.05) is 47.5 Å². The van der Waals surface area contributed by atoms with E-state index in [1.807, 2.05) is 6.92 Å². The third kappa shape index (κ3) is 13.0. The number of para-hydroxylation sites is 1. The molecule has 0 radical (unpaired) electrons. The van der Waals surface area contributed by atoms with Gasteiger partial charge in [0.1, 0.15) is 0 Å². The molecule has 1 N–H and O–H groups in total. The number of anilines is 2. The van der Waals surface area contributed by atoms with Crippen LogP contribution in [0.2, 0.25) is 10.0 Å². The summed E-state index contributed by atoms with van der Waals surface area (Å²) in [5.74, 6) is -1.26. The molecule has 140 valence electrons. The molecule has 0 spiro atoms. The molecule has 0 aliphatic heterocycles. The number of benzene rings is 2. The minimum absolute atomic E-state index is 0. The summed E-state index contributed by atoms with van der Waals surface area (Å²) < 4.78 is 9.14. The van der Waals surface area contributed by atoms with E-state index in [4.69, 9.17) is 47.5 Å². The van der Waals surface area contributed by atoms with Crippen LogP contribution in [-0.4, -0.2) is 11.7 Å². The van der Waals surface area contributed by atoms with Crippen LogP contribution < -0.4 is 144 Å². The van der Waals surface area contributed by atoms with E-state index in [0.717, 1.165) is 5.56 Å². The van der Waals surface area contributed by atoms with Gasteiger partial charge >= 0.3 is 118 Å². The number of halogens is 2. The number of rotatable bonds is 4. The summed E-state index contributed by atoms with van der Waals surface area (Å²) in [7, 11) is -5.43. The van der Waals surface area contributed by atoms with Crippen LogP contribution >= 0.6 is 30.8 Å². The first kappa shape index (κ1) is 39.1. The predicted molar refractivity (Wildman–Crippen MR) is 88.3 cm³/mol. The Kier molecular flexibility index (Phi) is 23.8. The Hall–Kier alpha value is 1.91. The Bertz CT molecular complexity index is 899. The largest absolute Gasteiger partial charge is 1.00 e. The molecule has 0 aromatic heterocycles. The summed E-state index contributed by atoms with van der Waals surface area (Å²) in [4.78, 5) is 38.3. The number of nitrogens with one attached hydrogen (secondary N) is 1. The van der Waals surface area contributed by atoms with Crippen LogP contribution in [0.15, 0.2) is 36.4 Å². The number of carbonyl (C=O) groups excluding carboxylic acids is 2. The summed E-state index contributed by atoms with van der Waals surface area (Å²) in [6, 6.07) is 9.91. The van der Waals surface area contributed by atoms with Crippen LogP contribution in [0.4, 0.5) is 16.2 Å². The minimum Gasteiger partial charge on any atom is -0.807 e. The summed E-state index contributed by atoms with van der Waals surface area (Å²) in [5.41, 5.74) is -0.794. The number of carboxylic acid groups (broad SMARTS) is 2. The second-order valence-corrected chi connectivity index (χ2v) is 6.92. The first-order chi connectivity index (χ1) is 11.9. The van der Waals surface area contributed by atoms with E-state index >= 15 is 0 Å².